The summed E-state index contributed by atoms with van der Waals surface area (Å²) in [6, 6.07) is 0.441. The van der Waals surface area contributed by atoms with E-state index < -0.39 is 0 Å². The molecule has 37 heavy (non-hydrogen) atoms. The zero-order chi connectivity index (χ0) is 26.1. The maximum absolute atomic E-state index is 11.9. The molecule has 2 N–H and O–H groups in total. The number of amides is 1. The lowest BCUT2D eigenvalue weighted by molar-refractivity contribution is -0.120. The highest BCUT2D eigenvalue weighted by Gasteiger charge is 2.61. The van der Waals surface area contributed by atoms with Crippen LogP contribution in [0.1, 0.15) is 92.4 Å². The Morgan fingerprint density at radius 1 is 1.24 bits per heavy atom. The van der Waals surface area contributed by atoms with Gasteiger partial charge in [-0.1, -0.05) is 44.9 Å². The predicted octanol–water partition coefficient (Wildman–Crippen LogP) is 5.24. The van der Waals surface area contributed by atoms with Crippen molar-refractivity contribution in [2.45, 2.75) is 116 Å². The highest BCUT2D eigenvalue weighted by molar-refractivity contribution is 5.75. The number of nitrogens with zero attached hydrogens (tertiary/aromatic N) is 1. The van der Waals surface area contributed by atoms with Crippen molar-refractivity contribution in [3.8, 4) is 0 Å². The number of hydrogen-bond donors (Lipinski definition) is 2. The van der Waals surface area contributed by atoms with Crippen LogP contribution in [0, 0.1) is 35.0 Å². The fraction of sp³-hybridized carbons (Fsp3) is 0.844. The first-order valence-corrected chi connectivity index (χ1v) is 15.4. The molecule has 2 heterocycles. The average molecular weight is 511 g/mol. The van der Waals surface area contributed by atoms with Gasteiger partial charge in [0, 0.05) is 38.0 Å². The first-order chi connectivity index (χ1) is 17.7. The van der Waals surface area contributed by atoms with E-state index in [9.17, 15) is 9.90 Å². The molecule has 1 amide bonds. The maximum atomic E-state index is 11.9. The summed E-state index contributed by atoms with van der Waals surface area (Å²) in [5.74, 6) is 3.45. The second-order valence-corrected chi connectivity index (χ2v) is 13.9. The third-order valence-corrected chi connectivity index (χ3v) is 12.1. The Morgan fingerprint density at radius 2 is 2.05 bits per heavy atom. The van der Waals surface area contributed by atoms with Gasteiger partial charge in [-0.25, -0.2) is 0 Å². The Balaban J connectivity index is 1.26. The molecule has 206 valence electrons. The number of aliphatic hydroxyl groups is 1. The number of fused-ring (bicyclic) bond motifs is 6. The molecule has 6 aliphatic rings. The number of carbonyl (C=O) groups is 1. The summed E-state index contributed by atoms with van der Waals surface area (Å²) >= 11 is 0. The summed E-state index contributed by atoms with van der Waals surface area (Å²) in [5, 5.41) is 13.5. The molecule has 2 aliphatic heterocycles. The fourth-order valence-corrected chi connectivity index (χ4v) is 10.2. The van der Waals surface area contributed by atoms with Crippen molar-refractivity contribution in [1.82, 2.24) is 10.2 Å². The highest BCUT2D eigenvalue weighted by Crippen LogP contribution is 2.65. The normalized spacial score (nSPS) is 47.2. The minimum absolute atomic E-state index is 0.121. The minimum atomic E-state index is -0.138. The van der Waals surface area contributed by atoms with Crippen LogP contribution in [-0.4, -0.2) is 59.4 Å². The van der Waals surface area contributed by atoms with Crippen LogP contribution < -0.4 is 5.32 Å². The van der Waals surface area contributed by atoms with Crippen molar-refractivity contribution >= 4 is 5.91 Å². The number of aliphatic hydroxyl groups excluding tert-OH is 1. The van der Waals surface area contributed by atoms with E-state index in [1.54, 1.807) is 16.7 Å². The summed E-state index contributed by atoms with van der Waals surface area (Å²) in [7, 11) is 0. The van der Waals surface area contributed by atoms with Gasteiger partial charge in [-0.2, -0.15) is 0 Å². The molecule has 4 fully saturated rings. The van der Waals surface area contributed by atoms with Gasteiger partial charge in [0.25, 0.3) is 0 Å². The Morgan fingerprint density at radius 3 is 2.84 bits per heavy atom. The Hall–Kier alpha value is -1.17. The van der Waals surface area contributed by atoms with Gasteiger partial charge in [-0.3, -0.25) is 9.69 Å². The zero-order valence-electron chi connectivity index (χ0n) is 23.9. The molecule has 4 aliphatic carbocycles. The molecule has 2 saturated carbocycles. The molecule has 1 spiro atoms. The van der Waals surface area contributed by atoms with Crippen LogP contribution in [0.4, 0.5) is 0 Å². The minimum Gasteiger partial charge on any atom is -0.393 e. The molecular formula is C32H50N2O3. The topological polar surface area (TPSA) is 61.8 Å². The van der Waals surface area contributed by atoms with Crippen LogP contribution in [-0.2, 0) is 9.53 Å². The number of ether oxygens (including phenoxy) is 1. The molecule has 0 aromatic heterocycles. The van der Waals surface area contributed by atoms with Gasteiger partial charge in [0.2, 0.25) is 5.91 Å². The van der Waals surface area contributed by atoms with E-state index in [0.29, 0.717) is 30.4 Å². The largest absolute Gasteiger partial charge is 0.393 e. The van der Waals surface area contributed by atoms with E-state index in [2.05, 4.69) is 44.0 Å². The van der Waals surface area contributed by atoms with Crippen LogP contribution in [0.5, 0.6) is 0 Å². The molecule has 5 nitrogen and oxygen atoms in total. The van der Waals surface area contributed by atoms with Crippen LogP contribution >= 0.6 is 0 Å². The van der Waals surface area contributed by atoms with Crippen LogP contribution in [0.2, 0.25) is 0 Å². The summed E-state index contributed by atoms with van der Waals surface area (Å²) in [5.41, 5.74) is 5.02. The predicted molar refractivity (Wildman–Crippen MR) is 147 cm³/mol. The standard InChI is InChI=1S/C32H50N2O3/c1-6-29(36)33-13-14-34-18-19(2)15-28-30(34)21(4)32(37-28)12-10-24-25-8-7-22-16-23(35)9-11-31(22,5)27(25)17-26(24)20(32)3/h7,19,21,23-25,27-28,30,35H,6,8-18H2,1-5H3,(H,33,36). The van der Waals surface area contributed by atoms with Gasteiger partial charge in [-0.05, 0) is 93.0 Å². The van der Waals surface area contributed by atoms with Crippen LogP contribution in [0.15, 0.2) is 22.8 Å². The van der Waals surface area contributed by atoms with Crippen molar-refractivity contribution in [3.63, 3.8) is 0 Å². The molecule has 6 rings (SSSR count). The molecule has 10 unspecified atom stereocenters. The molecule has 10 atom stereocenters. The zero-order valence-corrected chi connectivity index (χ0v) is 23.9. The van der Waals surface area contributed by atoms with Gasteiger partial charge in [0.05, 0.1) is 17.8 Å². The van der Waals surface area contributed by atoms with E-state index in [1.165, 1.54) is 19.3 Å². The van der Waals surface area contributed by atoms with Crippen LogP contribution in [0.25, 0.3) is 0 Å². The van der Waals surface area contributed by atoms with Gasteiger partial charge in [0.15, 0.2) is 0 Å². The lowest BCUT2D eigenvalue weighted by Crippen LogP contribution is -2.54. The monoisotopic (exact) mass is 510 g/mol. The number of carbonyl (C=O) groups excluding carboxylic acids is 1. The third-order valence-electron chi connectivity index (χ3n) is 12.1. The van der Waals surface area contributed by atoms with Gasteiger partial charge in [0.1, 0.15) is 0 Å². The van der Waals surface area contributed by atoms with E-state index >= 15 is 0 Å². The number of piperidine rings is 1. The Labute approximate surface area is 224 Å². The molecular weight excluding hydrogens is 460 g/mol. The van der Waals surface area contributed by atoms with Crippen LogP contribution in [0.3, 0.4) is 0 Å². The van der Waals surface area contributed by atoms with E-state index in [1.807, 2.05) is 6.92 Å². The fourth-order valence-electron chi connectivity index (χ4n) is 10.2. The van der Waals surface area contributed by atoms with Crippen molar-refractivity contribution in [3.05, 3.63) is 22.8 Å². The van der Waals surface area contributed by atoms with Gasteiger partial charge < -0.3 is 15.2 Å². The highest BCUT2D eigenvalue weighted by atomic mass is 16.5. The first kappa shape index (κ1) is 26.1. The molecule has 0 radical (unpaired) electrons. The van der Waals surface area contributed by atoms with Crippen molar-refractivity contribution in [2.75, 3.05) is 19.6 Å². The quantitative estimate of drug-likeness (QED) is 0.508. The molecule has 2 saturated heterocycles. The number of allylic oxidation sites excluding steroid dienone is 2. The lowest BCUT2D eigenvalue weighted by Gasteiger charge is -2.49. The van der Waals surface area contributed by atoms with Crippen molar-refractivity contribution in [2.24, 2.45) is 35.0 Å². The third kappa shape index (κ3) is 4.00. The Kier molecular flexibility index (Phi) is 6.68. The SMILES string of the molecule is CCC(=O)NCCN1CC(C)CC2OC3(CCC4C(=C3C)CC3C4CC=C4CC(O)CCC43C)C(C)C21. The molecule has 5 heteroatoms. The molecule has 0 aromatic rings. The van der Waals surface area contributed by atoms with Gasteiger partial charge in [-0.15, -0.1) is 0 Å². The summed E-state index contributed by atoms with van der Waals surface area (Å²) < 4.78 is 7.24. The Bertz CT molecular complexity index is 989. The molecule has 0 bridgehead atoms. The van der Waals surface area contributed by atoms with E-state index in [-0.39, 0.29) is 23.0 Å². The summed E-state index contributed by atoms with van der Waals surface area (Å²) in [6.07, 6.45) is 12.2. The molecule has 0 aromatic carbocycles. The van der Waals surface area contributed by atoms with E-state index in [4.69, 9.17) is 4.74 Å². The summed E-state index contributed by atoms with van der Waals surface area (Å²) in [6.45, 7) is 14.5. The lowest BCUT2D eigenvalue weighted by atomic mass is 9.56. The number of likely N-dealkylation sites (tertiary alicyclic amines) is 1. The average Bonchev–Trinajstić information content (AvgIpc) is 3.39. The number of nitrogens with one attached hydrogen (secondary N) is 1. The van der Waals surface area contributed by atoms with Crippen molar-refractivity contribution < 1.29 is 14.6 Å². The second kappa shape index (κ2) is 9.48. The number of hydrogen-bond acceptors (Lipinski definition) is 4. The summed E-state index contributed by atoms with van der Waals surface area (Å²) in [4.78, 5) is 14.5. The van der Waals surface area contributed by atoms with Gasteiger partial charge >= 0.3 is 0 Å². The van der Waals surface area contributed by atoms with E-state index in [0.717, 1.165) is 69.5 Å². The second-order valence-electron chi connectivity index (χ2n) is 13.9. The smallest absolute Gasteiger partial charge is 0.219 e. The van der Waals surface area contributed by atoms with Crippen molar-refractivity contribution in [1.29, 1.82) is 0 Å². The number of rotatable bonds is 4. The maximum Gasteiger partial charge on any atom is 0.219 e. The first-order valence-electron chi connectivity index (χ1n) is 15.4.